The molecule has 0 unspecified atom stereocenters. The fourth-order valence-electron chi connectivity index (χ4n) is 2.17. The van der Waals surface area contributed by atoms with Gasteiger partial charge in [0.25, 0.3) is 0 Å². The van der Waals surface area contributed by atoms with Gasteiger partial charge in [-0.05, 0) is 27.4 Å². The molecular weight excluding hydrogens is 398 g/mol. The molecule has 0 aromatic carbocycles. The predicted octanol–water partition coefficient (Wildman–Crippen LogP) is 4.42. The maximum absolute atomic E-state index is 6.13. The van der Waals surface area contributed by atoms with Crippen molar-refractivity contribution in [1.82, 2.24) is 4.98 Å². The van der Waals surface area contributed by atoms with E-state index in [2.05, 4.69) is 38.2 Å². The van der Waals surface area contributed by atoms with Crippen LogP contribution in [-0.2, 0) is 13.0 Å². The lowest BCUT2D eigenvalue weighted by molar-refractivity contribution is 0.536. The summed E-state index contributed by atoms with van der Waals surface area (Å²) in [4.78, 5) is 5.54. The zero-order chi connectivity index (χ0) is 16.4. The molecule has 3 rings (SSSR count). The lowest BCUT2D eigenvalue weighted by Gasteiger charge is -2.06. The third-order valence-corrected chi connectivity index (χ3v) is 5.16. The summed E-state index contributed by atoms with van der Waals surface area (Å²) in [5.74, 6) is 3.16. The van der Waals surface area contributed by atoms with Gasteiger partial charge in [0.05, 0.1) is 16.2 Å². The number of rotatable bonds is 5. The molecule has 3 N–H and O–H groups in total. The second-order valence-electron chi connectivity index (χ2n) is 4.92. The van der Waals surface area contributed by atoms with Crippen molar-refractivity contribution in [2.75, 3.05) is 5.32 Å². The molecule has 3 aromatic heterocycles. The van der Waals surface area contributed by atoms with Crippen molar-refractivity contribution in [2.45, 2.75) is 19.0 Å². The molecule has 3 heterocycles. The summed E-state index contributed by atoms with van der Waals surface area (Å²) >= 11 is 11.3. The van der Waals surface area contributed by atoms with E-state index in [4.69, 9.17) is 28.2 Å². The number of nitrogens with two attached hydrogens (primary N) is 1. The first kappa shape index (κ1) is 16.3. The normalized spacial score (nSPS) is 12.3. The fraction of sp³-hybridized carbons (Fsp3) is 0.188. The molecule has 0 aliphatic carbocycles. The smallest absolute Gasteiger partial charge is 0.177 e. The first-order valence-electron chi connectivity index (χ1n) is 6.84. The van der Waals surface area contributed by atoms with E-state index in [1.165, 1.54) is 4.88 Å². The molecule has 0 fully saturated rings. The minimum absolute atomic E-state index is 0.389. The van der Waals surface area contributed by atoms with E-state index in [1.807, 2.05) is 11.4 Å². The van der Waals surface area contributed by atoms with Gasteiger partial charge in [0, 0.05) is 23.9 Å². The van der Waals surface area contributed by atoms with Gasteiger partial charge in [-0.1, -0.05) is 23.6 Å². The lowest BCUT2D eigenvalue weighted by Crippen LogP contribution is -2.19. The highest BCUT2D eigenvalue weighted by Gasteiger charge is 2.19. The quantitative estimate of drug-likeness (QED) is 0.483. The number of nitrogens with one attached hydrogen (secondary N) is 1. The van der Waals surface area contributed by atoms with Crippen LogP contribution in [-0.4, -0.2) is 11.0 Å². The Hall–Kier alpha value is -1.52. The van der Waals surface area contributed by atoms with Crippen molar-refractivity contribution >= 4 is 55.7 Å². The number of pyridine rings is 1. The van der Waals surface area contributed by atoms with E-state index in [9.17, 15) is 0 Å². The van der Waals surface area contributed by atoms with Crippen LogP contribution >= 0.6 is 38.9 Å². The van der Waals surface area contributed by atoms with Crippen LogP contribution in [0.25, 0.3) is 11.1 Å². The van der Waals surface area contributed by atoms with Crippen LogP contribution in [0.2, 0.25) is 5.15 Å². The van der Waals surface area contributed by atoms with Gasteiger partial charge >= 0.3 is 0 Å². The predicted molar refractivity (Wildman–Crippen MR) is 98.9 cm³/mol. The molecule has 7 heteroatoms. The second-order valence-corrected chi connectivity index (χ2v) is 7.13. The number of fused-ring (bicyclic) bond motifs is 1. The van der Waals surface area contributed by atoms with E-state index in [-0.39, 0.29) is 0 Å². The Balaban J connectivity index is 1.97. The third kappa shape index (κ3) is 3.54. The minimum Gasteiger partial charge on any atom is -0.456 e. The van der Waals surface area contributed by atoms with Crippen molar-refractivity contribution in [2.24, 2.45) is 5.73 Å². The molecule has 0 saturated carbocycles. The van der Waals surface area contributed by atoms with Crippen molar-refractivity contribution in [3.05, 3.63) is 43.8 Å². The van der Waals surface area contributed by atoms with Crippen LogP contribution in [0.5, 0.6) is 0 Å². The molecule has 0 spiro atoms. The van der Waals surface area contributed by atoms with Crippen LogP contribution in [0, 0.1) is 12.3 Å². The zero-order valence-electron chi connectivity index (χ0n) is 12.0. The Morgan fingerprint density at radius 1 is 1.57 bits per heavy atom. The number of anilines is 1. The van der Waals surface area contributed by atoms with E-state index in [0.717, 1.165) is 10.2 Å². The van der Waals surface area contributed by atoms with Gasteiger partial charge in [-0.2, -0.15) is 0 Å². The van der Waals surface area contributed by atoms with Crippen LogP contribution in [0.3, 0.4) is 0 Å². The maximum Gasteiger partial charge on any atom is 0.177 e. The number of nitrogens with zero attached hydrogens (tertiary/aromatic N) is 1. The average Bonchev–Trinajstić information content (AvgIpc) is 3.15. The number of hydrogen-bond acceptors (Lipinski definition) is 5. The van der Waals surface area contributed by atoms with E-state index < -0.39 is 6.04 Å². The van der Waals surface area contributed by atoms with Crippen LogP contribution in [0.4, 0.5) is 5.69 Å². The summed E-state index contributed by atoms with van der Waals surface area (Å²) in [5, 5.41) is 5.76. The van der Waals surface area contributed by atoms with Gasteiger partial charge in [0.15, 0.2) is 5.58 Å². The summed E-state index contributed by atoms with van der Waals surface area (Å²) < 4.78 is 6.66. The van der Waals surface area contributed by atoms with Gasteiger partial charge in [0.1, 0.15) is 16.4 Å². The summed E-state index contributed by atoms with van der Waals surface area (Å²) in [6.07, 6.45) is 5.77. The van der Waals surface area contributed by atoms with Gasteiger partial charge in [0.2, 0.25) is 0 Å². The van der Waals surface area contributed by atoms with Crippen LogP contribution < -0.4 is 11.1 Å². The summed E-state index contributed by atoms with van der Waals surface area (Å²) in [6, 6.07) is 5.41. The molecule has 0 radical (unpaired) electrons. The van der Waals surface area contributed by atoms with E-state index in [0.29, 0.717) is 35.0 Å². The highest BCUT2D eigenvalue weighted by Crippen LogP contribution is 2.36. The number of halogens is 2. The Bertz CT molecular complexity index is 870. The third-order valence-electron chi connectivity index (χ3n) is 3.27. The molecule has 0 amide bonds. The van der Waals surface area contributed by atoms with E-state index in [1.54, 1.807) is 17.4 Å². The second kappa shape index (κ2) is 6.93. The molecule has 0 aliphatic rings. The molecule has 4 nitrogen and oxygen atoms in total. The number of terminal acetylenes is 1. The molecule has 0 aliphatic heterocycles. The number of furan rings is 1. The Kier molecular flexibility index (Phi) is 4.93. The number of aromatic nitrogens is 1. The van der Waals surface area contributed by atoms with Crippen LogP contribution in [0.1, 0.15) is 10.6 Å². The molecule has 1 atom stereocenters. The van der Waals surface area contributed by atoms with Gasteiger partial charge < -0.3 is 15.5 Å². The van der Waals surface area contributed by atoms with Gasteiger partial charge in [-0.15, -0.1) is 17.8 Å². The molecule has 118 valence electrons. The maximum atomic E-state index is 6.13. The lowest BCUT2D eigenvalue weighted by atomic mass is 10.2. The topological polar surface area (TPSA) is 64.1 Å². The molecule has 23 heavy (non-hydrogen) atoms. The Labute approximate surface area is 151 Å². The van der Waals surface area contributed by atoms with Crippen LogP contribution in [0.15, 0.2) is 32.5 Å². The molecule has 3 aromatic rings. The summed E-state index contributed by atoms with van der Waals surface area (Å²) in [5.41, 5.74) is 7.89. The van der Waals surface area contributed by atoms with Crippen molar-refractivity contribution in [3.63, 3.8) is 0 Å². The fourth-order valence-corrected chi connectivity index (χ4v) is 3.52. The highest BCUT2D eigenvalue weighted by molar-refractivity contribution is 9.10. The van der Waals surface area contributed by atoms with Gasteiger partial charge in [-0.25, -0.2) is 4.98 Å². The van der Waals surface area contributed by atoms with E-state index >= 15 is 0 Å². The first-order valence-corrected chi connectivity index (χ1v) is 8.89. The van der Waals surface area contributed by atoms with Crippen molar-refractivity contribution in [1.29, 1.82) is 0 Å². The minimum atomic E-state index is -0.412. The highest BCUT2D eigenvalue weighted by atomic mass is 79.9. The van der Waals surface area contributed by atoms with Crippen molar-refractivity contribution in [3.8, 4) is 12.3 Å². The summed E-state index contributed by atoms with van der Waals surface area (Å²) in [7, 11) is 0. The molecular formula is C16H13BrClN3OS. The zero-order valence-corrected chi connectivity index (χ0v) is 15.1. The molecule has 0 saturated heterocycles. The van der Waals surface area contributed by atoms with Gasteiger partial charge in [-0.3, -0.25) is 0 Å². The Morgan fingerprint density at radius 2 is 2.39 bits per heavy atom. The van der Waals surface area contributed by atoms with Crippen molar-refractivity contribution < 1.29 is 4.42 Å². The standard InChI is InChI=1S/C16H13BrClN3OS/c1-2-9(19)6-12-14(17)15-16(22-12)11(7-13(18)21-15)20-8-10-4-3-5-23-10/h1,3-5,7,9H,6,8,19H2,(H,20,21)/t9-/m0/s1. The number of thiophene rings is 1. The average molecular weight is 411 g/mol. The SMILES string of the molecule is C#C[C@H](N)Cc1oc2c(NCc3cccs3)cc(Cl)nc2c1Br. The monoisotopic (exact) mass is 409 g/mol. The Morgan fingerprint density at radius 3 is 3.09 bits per heavy atom. The molecule has 0 bridgehead atoms. The largest absolute Gasteiger partial charge is 0.456 e. The number of hydrogen-bond donors (Lipinski definition) is 2. The summed E-state index contributed by atoms with van der Waals surface area (Å²) in [6.45, 7) is 0.685. The first-order chi connectivity index (χ1) is 11.1.